The topological polar surface area (TPSA) is 68.8 Å². The van der Waals surface area contributed by atoms with Gasteiger partial charge in [0, 0.05) is 36.6 Å². The van der Waals surface area contributed by atoms with E-state index in [4.69, 9.17) is 17.3 Å². The molecule has 6 heteroatoms. The molecule has 1 aliphatic rings. The van der Waals surface area contributed by atoms with E-state index in [9.17, 15) is 0 Å². The highest BCUT2D eigenvalue weighted by Gasteiger charge is 2.20. The fraction of sp³-hybridized carbons (Fsp3) is 0.200. The third-order valence-electron chi connectivity index (χ3n) is 4.01. The molecule has 0 saturated carbocycles. The molecule has 2 aromatic heterocycles. The lowest BCUT2D eigenvalue weighted by molar-refractivity contribution is 0.945. The van der Waals surface area contributed by atoms with Gasteiger partial charge in [0.2, 0.25) is 0 Å². The normalized spacial score (nSPS) is 13.4. The average molecular weight is 300 g/mol. The van der Waals surface area contributed by atoms with Gasteiger partial charge in [0.25, 0.3) is 0 Å². The van der Waals surface area contributed by atoms with Crippen LogP contribution in [0, 0.1) is 0 Å². The highest BCUT2D eigenvalue weighted by molar-refractivity contribution is 6.35. The molecule has 5 nitrogen and oxygen atoms in total. The zero-order valence-electron chi connectivity index (χ0n) is 11.5. The molecule has 3 aromatic rings. The van der Waals surface area contributed by atoms with Crippen LogP contribution >= 0.6 is 11.6 Å². The summed E-state index contributed by atoms with van der Waals surface area (Å²) >= 11 is 6.62. The van der Waals surface area contributed by atoms with Crippen LogP contribution < -0.4 is 11.1 Å². The Labute approximate surface area is 126 Å². The molecule has 0 amide bonds. The van der Waals surface area contributed by atoms with E-state index in [1.165, 1.54) is 11.9 Å². The fourth-order valence-corrected chi connectivity index (χ4v) is 3.36. The van der Waals surface area contributed by atoms with Gasteiger partial charge in [-0.2, -0.15) is 0 Å². The smallest absolute Gasteiger partial charge is 0.145 e. The number of anilines is 2. The molecule has 0 atom stereocenters. The Bertz CT molecular complexity index is 868. The summed E-state index contributed by atoms with van der Waals surface area (Å²) in [6, 6.07) is 4.10. The SMILES string of the molecule is Cn1cc(-c2ccc3c(c2Cl)CCN3)c2c(N)ncnc21. The number of aromatic nitrogens is 3. The minimum atomic E-state index is 0.477. The van der Waals surface area contributed by atoms with Crippen LogP contribution in [0.25, 0.3) is 22.2 Å². The van der Waals surface area contributed by atoms with Gasteiger partial charge in [-0.15, -0.1) is 0 Å². The predicted octanol–water partition coefficient (Wildman–Crippen LogP) is 2.84. The molecule has 0 saturated heterocycles. The van der Waals surface area contributed by atoms with Gasteiger partial charge < -0.3 is 15.6 Å². The first-order valence-electron chi connectivity index (χ1n) is 6.78. The lowest BCUT2D eigenvalue weighted by atomic mass is 10.0. The number of nitrogens with one attached hydrogen (secondary N) is 1. The number of hydrogen-bond donors (Lipinski definition) is 2. The molecule has 106 valence electrons. The van der Waals surface area contributed by atoms with E-state index < -0.39 is 0 Å². The molecule has 0 spiro atoms. The molecule has 0 radical (unpaired) electrons. The van der Waals surface area contributed by atoms with Crippen LogP contribution in [0.4, 0.5) is 11.5 Å². The van der Waals surface area contributed by atoms with Crippen molar-refractivity contribution in [1.82, 2.24) is 14.5 Å². The molecule has 0 unspecified atom stereocenters. The molecule has 3 heterocycles. The molecule has 1 aliphatic heterocycles. The van der Waals surface area contributed by atoms with E-state index in [1.807, 2.05) is 23.9 Å². The van der Waals surface area contributed by atoms with Gasteiger partial charge in [-0.1, -0.05) is 17.7 Å². The van der Waals surface area contributed by atoms with E-state index in [-0.39, 0.29) is 0 Å². The molecule has 21 heavy (non-hydrogen) atoms. The fourth-order valence-electron chi connectivity index (χ4n) is 3.00. The van der Waals surface area contributed by atoms with E-state index in [2.05, 4.69) is 21.4 Å². The summed E-state index contributed by atoms with van der Waals surface area (Å²) in [5.74, 6) is 0.477. The minimum absolute atomic E-state index is 0.477. The van der Waals surface area contributed by atoms with Gasteiger partial charge in [0.1, 0.15) is 17.8 Å². The molecule has 3 N–H and O–H groups in total. The first kappa shape index (κ1) is 12.5. The van der Waals surface area contributed by atoms with Crippen LogP contribution in [0.2, 0.25) is 5.02 Å². The summed E-state index contributed by atoms with van der Waals surface area (Å²) in [6.07, 6.45) is 4.43. The Kier molecular flexibility index (Phi) is 2.59. The van der Waals surface area contributed by atoms with Crippen LogP contribution in [-0.4, -0.2) is 21.1 Å². The predicted molar refractivity (Wildman–Crippen MR) is 85.6 cm³/mol. The van der Waals surface area contributed by atoms with Crippen molar-refractivity contribution in [2.24, 2.45) is 7.05 Å². The summed E-state index contributed by atoms with van der Waals surface area (Å²) < 4.78 is 1.95. The van der Waals surface area contributed by atoms with Crippen molar-refractivity contribution in [2.45, 2.75) is 6.42 Å². The number of benzene rings is 1. The number of rotatable bonds is 1. The highest BCUT2D eigenvalue weighted by Crippen LogP contribution is 2.41. The molecular weight excluding hydrogens is 286 g/mol. The van der Waals surface area contributed by atoms with Crippen molar-refractivity contribution in [2.75, 3.05) is 17.6 Å². The first-order valence-corrected chi connectivity index (χ1v) is 7.15. The van der Waals surface area contributed by atoms with Gasteiger partial charge in [-0.25, -0.2) is 9.97 Å². The number of nitrogens with zero attached hydrogens (tertiary/aromatic N) is 3. The van der Waals surface area contributed by atoms with Crippen molar-refractivity contribution in [3.8, 4) is 11.1 Å². The largest absolute Gasteiger partial charge is 0.384 e. The van der Waals surface area contributed by atoms with Crippen molar-refractivity contribution >= 4 is 34.1 Å². The third kappa shape index (κ3) is 1.70. The first-order chi connectivity index (χ1) is 10.2. The Hall–Kier alpha value is -2.27. The van der Waals surface area contributed by atoms with Crippen LogP contribution in [-0.2, 0) is 13.5 Å². The maximum Gasteiger partial charge on any atom is 0.145 e. The number of nitrogens with two attached hydrogens (primary N) is 1. The minimum Gasteiger partial charge on any atom is -0.384 e. The number of fused-ring (bicyclic) bond motifs is 2. The van der Waals surface area contributed by atoms with Crippen LogP contribution in [0.15, 0.2) is 24.7 Å². The second-order valence-electron chi connectivity index (χ2n) is 5.24. The maximum absolute atomic E-state index is 6.62. The Morgan fingerprint density at radius 1 is 1.29 bits per heavy atom. The van der Waals surface area contributed by atoms with Crippen molar-refractivity contribution in [1.29, 1.82) is 0 Å². The standard InChI is InChI=1S/C15H14ClN5/c1-21-6-10(12-14(17)19-7-20-15(12)21)8-2-3-11-9(13(8)16)4-5-18-11/h2-3,6-7,18H,4-5H2,1H3,(H2,17,19,20). The van der Waals surface area contributed by atoms with Gasteiger partial charge in [0.15, 0.2) is 0 Å². The number of hydrogen-bond acceptors (Lipinski definition) is 4. The number of halogens is 1. The molecular formula is C15H14ClN5. The summed E-state index contributed by atoms with van der Waals surface area (Å²) in [5.41, 5.74) is 11.1. The second kappa shape index (κ2) is 4.36. The van der Waals surface area contributed by atoms with E-state index in [1.54, 1.807) is 0 Å². The van der Waals surface area contributed by atoms with Gasteiger partial charge >= 0.3 is 0 Å². The summed E-state index contributed by atoms with van der Waals surface area (Å²) in [5, 5.41) is 4.97. The average Bonchev–Trinajstić information content (AvgIpc) is 3.06. The number of nitrogen functional groups attached to an aromatic ring is 1. The second-order valence-corrected chi connectivity index (χ2v) is 5.62. The van der Waals surface area contributed by atoms with Gasteiger partial charge in [-0.3, -0.25) is 0 Å². The summed E-state index contributed by atoms with van der Waals surface area (Å²) in [7, 11) is 1.95. The van der Waals surface area contributed by atoms with Crippen molar-refractivity contribution in [3.63, 3.8) is 0 Å². The summed E-state index contributed by atoms with van der Waals surface area (Å²) in [6.45, 7) is 0.930. The molecule has 0 aliphatic carbocycles. The van der Waals surface area contributed by atoms with Crippen LogP contribution in [0.3, 0.4) is 0 Å². The molecule has 4 rings (SSSR count). The zero-order valence-corrected chi connectivity index (χ0v) is 12.3. The third-order valence-corrected chi connectivity index (χ3v) is 4.44. The van der Waals surface area contributed by atoms with E-state index in [0.717, 1.165) is 45.8 Å². The Morgan fingerprint density at radius 3 is 3.00 bits per heavy atom. The quantitative estimate of drug-likeness (QED) is 0.725. The van der Waals surface area contributed by atoms with Gasteiger partial charge in [-0.05, 0) is 18.1 Å². The van der Waals surface area contributed by atoms with Crippen LogP contribution in [0.1, 0.15) is 5.56 Å². The zero-order chi connectivity index (χ0) is 14.6. The van der Waals surface area contributed by atoms with Crippen molar-refractivity contribution < 1.29 is 0 Å². The van der Waals surface area contributed by atoms with E-state index in [0.29, 0.717) is 5.82 Å². The van der Waals surface area contributed by atoms with E-state index >= 15 is 0 Å². The summed E-state index contributed by atoms with van der Waals surface area (Å²) in [4.78, 5) is 8.41. The maximum atomic E-state index is 6.62. The van der Waals surface area contributed by atoms with Crippen LogP contribution in [0.5, 0.6) is 0 Å². The lowest BCUT2D eigenvalue weighted by Crippen LogP contribution is -1.94. The molecule has 1 aromatic carbocycles. The van der Waals surface area contributed by atoms with Gasteiger partial charge in [0.05, 0.1) is 10.4 Å². The number of aryl methyl sites for hydroxylation is 1. The highest BCUT2D eigenvalue weighted by atomic mass is 35.5. The molecule has 0 fully saturated rings. The van der Waals surface area contributed by atoms with Crippen molar-refractivity contribution in [3.05, 3.63) is 35.2 Å². The molecule has 0 bridgehead atoms. The monoisotopic (exact) mass is 299 g/mol. The Balaban J connectivity index is 2.04. The lowest BCUT2D eigenvalue weighted by Gasteiger charge is -2.08. The Morgan fingerprint density at radius 2 is 2.14 bits per heavy atom.